The van der Waals surface area contributed by atoms with Crippen LogP contribution in [-0.2, 0) is 0 Å². The summed E-state index contributed by atoms with van der Waals surface area (Å²) in [6, 6.07) is 7.62. The van der Waals surface area contributed by atoms with Crippen LogP contribution >= 0.6 is 0 Å². The number of Topliss-reactive ketones (excluding diaryl/α,β-unsaturated/α-hetero) is 1. The zero-order valence-corrected chi connectivity index (χ0v) is 13.1. The number of ether oxygens (including phenoxy) is 1. The fraction of sp³-hybridized carbons (Fsp3) is 0.611. The second-order valence-electron chi connectivity index (χ2n) is 5.81. The highest BCUT2D eigenvalue weighted by Gasteiger charge is 2.13. The molecule has 1 heterocycles. The summed E-state index contributed by atoms with van der Waals surface area (Å²) in [5.41, 5.74) is 0.779. The van der Waals surface area contributed by atoms with Crippen LogP contribution in [0.3, 0.4) is 0 Å². The van der Waals surface area contributed by atoms with Gasteiger partial charge in [0.15, 0.2) is 5.78 Å². The Kier molecular flexibility index (Phi) is 6.74. The largest absolute Gasteiger partial charge is 0.494 e. The number of carbonyl (C=O) groups excluding carboxylic acids is 1. The van der Waals surface area contributed by atoms with E-state index < -0.39 is 0 Å². The molecule has 1 saturated heterocycles. The average Bonchev–Trinajstić information content (AvgIpc) is 2.54. The Morgan fingerprint density at radius 2 is 2.05 bits per heavy atom. The zero-order valence-electron chi connectivity index (χ0n) is 13.1. The number of hydrogen-bond acceptors (Lipinski definition) is 3. The van der Waals surface area contributed by atoms with Gasteiger partial charge in [0.25, 0.3) is 0 Å². The molecule has 0 atom stereocenters. The summed E-state index contributed by atoms with van der Waals surface area (Å²) in [7, 11) is 0. The molecular weight excluding hydrogens is 262 g/mol. The highest BCUT2D eigenvalue weighted by molar-refractivity contribution is 5.96. The monoisotopic (exact) mass is 289 g/mol. The van der Waals surface area contributed by atoms with Crippen LogP contribution in [0.25, 0.3) is 0 Å². The van der Waals surface area contributed by atoms with E-state index in [0.717, 1.165) is 50.4 Å². The zero-order chi connectivity index (χ0) is 14.9. The summed E-state index contributed by atoms with van der Waals surface area (Å²) in [6.45, 7) is 6.05. The highest BCUT2D eigenvalue weighted by atomic mass is 16.5. The first-order valence-corrected chi connectivity index (χ1v) is 8.28. The van der Waals surface area contributed by atoms with Crippen molar-refractivity contribution in [1.29, 1.82) is 0 Å². The van der Waals surface area contributed by atoms with Crippen molar-refractivity contribution >= 4 is 5.78 Å². The van der Waals surface area contributed by atoms with Crippen LogP contribution in [0.4, 0.5) is 0 Å². The van der Waals surface area contributed by atoms with Gasteiger partial charge in [-0.1, -0.05) is 31.9 Å². The Balaban J connectivity index is 1.82. The van der Waals surface area contributed by atoms with Crippen molar-refractivity contribution in [2.24, 2.45) is 0 Å². The summed E-state index contributed by atoms with van der Waals surface area (Å²) in [6.07, 6.45) is 6.66. The second kappa shape index (κ2) is 8.83. The van der Waals surface area contributed by atoms with Gasteiger partial charge in [-0.2, -0.15) is 0 Å². The Morgan fingerprint density at radius 3 is 2.81 bits per heavy atom. The summed E-state index contributed by atoms with van der Waals surface area (Å²) in [5, 5.41) is 0. The molecule has 0 aromatic heterocycles. The maximum Gasteiger partial charge on any atom is 0.164 e. The molecule has 3 heteroatoms. The molecule has 1 aliphatic rings. The van der Waals surface area contributed by atoms with Crippen LogP contribution in [0, 0.1) is 0 Å². The minimum absolute atomic E-state index is 0.224. The smallest absolute Gasteiger partial charge is 0.164 e. The molecule has 0 N–H and O–H groups in total. The van der Waals surface area contributed by atoms with Crippen LogP contribution in [0.15, 0.2) is 24.3 Å². The predicted molar refractivity (Wildman–Crippen MR) is 86.1 cm³/mol. The van der Waals surface area contributed by atoms with Crippen LogP contribution < -0.4 is 4.74 Å². The minimum atomic E-state index is 0.224. The highest BCUT2D eigenvalue weighted by Crippen LogP contribution is 2.16. The lowest BCUT2D eigenvalue weighted by atomic mass is 10.1. The third kappa shape index (κ3) is 5.50. The number of benzene rings is 1. The van der Waals surface area contributed by atoms with Crippen LogP contribution in [0.5, 0.6) is 5.75 Å². The molecule has 0 saturated carbocycles. The van der Waals surface area contributed by atoms with Gasteiger partial charge in [0.05, 0.1) is 6.61 Å². The topological polar surface area (TPSA) is 29.5 Å². The summed E-state index contributed by atoms with van der Waals surface area (Å²) in [5.74, 6) is 1.04. The minimum Gasteiger partial charge on any atom is -0.494 e. The molecule has 1 aliphatic heterocycles. The van der Waals surface area contributed by atoms with Crippen molar-refractivity contribution in [3.63, 3.8) is 0 Å². The van der Waals surface area contributed by atoms with E-state index in [4.69, 9.17) is 4.74 Å². The number of likely N-dealkylation sites (tertiary alicyclic amines) is 1. The van der Waals surface area contributed by atoms with Crippen LogP contribution in [0.2, 0.25) is 0 Å². The average molecular weight is 289 g/mol. The van der Waals surface area contributed by atoms with Gasteiger partial charge in [-0.05, 0) is 44.5 Å². The number of ketones is 1. The number of rotatable bonds is 8. The molecule has 2 rings (SSSR count). The van der Waals surface area contributed by atoms with Crippen LogP contribution in [-0.4, -0.2) is 36.9 Å². The number of unbranched alkanes of at least 4 members (excludes halogenated alkanes) is 1. The van der Waals surface area contributed by atoms with Gasteiger partial charge in [0, 0.05) is 18.5 Å². The van der Waals surface area contributed by atoms with E-state index in [0.29, 0.717) is 6.42 Å². The molecule has 1 aromatic rings. The van der Waals surface area contributed by atoms with Crippen molar-refractivity contribution in [2.45, 2.75) is 45.4 Å². The SMILES string of the molecule is CCCCOc1cccc(C(=O)CCN2CCCCC2)c1. The Bertz CT molecular complexity index is 439. The van der Waals surface area contributed by atoms with Crippen molar-refractivity contribution < 1.29 is 9.53 Å². The van der Waals surface area contributed by atoms with Crippen LogP contribution in [0.1, 0.15) is 55.8 Å². The van der Waals surface area contributed by atoms with E-state index in [1.807, 2.05) is 24.3 Å². The van der Waals surface area contributed by atoms with Gasteiger partial charge in [-0.15, -0.1) is 0 Å². The Morgan fingerprint density at radius 1 is 1.24 bits per heavy atom. The van der Waals surface area contributed by atoms with E-state index in [9.17, 15) is 4.79 Å². The molecule has 0 bridgehead atoms. The van der Waals surface area contributed by atoms with E-state index in [1.54, 1.807) is 0 Å². The lowest BCUT2D eigenvalue weighted by molar-refractivity contribution is 0.0958. The third-order valence-electron chi connectivity index (χ3n) is 4.03. The predicted octanol–water partition coefficient (Wildman–Crippen LogP) is 3.92. The quantitative estimate of drug-likeness (QED) is 0.536. The maximum atomic E-state index is 12.3. The van der Waals surface area contributed by atoms with Gasteiger partial charge in [0.1, 0.15) is 5.75 Å². The summed E-state index contributed by atoms with van der Waals surface area (Å²) >= 11 is 0. The van der Waals surface area contributed by atoms with E-state index in [1.165, 1.54) is 19.3 Å². The molecule has 0 amide bonds. The van der Waals surface area contributed by atoms with E-state index >= 15 is 0 Å². The van der Waals surface area contributed by atoms with Gasteiger partial charge < -0.3 is 9.64 Å². The van der Waals surface area contributed by atoms with E-state index in [-0.39, 0.29) is 5.78 Å². The van der Waals surface area contributed by atoms with Crippen molar-refractivity contribution in [3.05, 3.63) is 29.8 Å². The first kappa shape index (κ1) is 16.0. The molecule has 0 aliphatic carbocycles. The fourth-order valence-corrected chi connectivity index (χ4v) is 2.68. The van der Waals surface area contributed by atoms with Gasteiger partial charge in [0.2, 0.25) is 0 Å². The lowest BCUT2D eigenvalue weighted by Crippen LogP contribution is -2.31. The standard InChI is InChI=1S/C18H27NO2/c1-2-3-14-21-17-9-7-8-16(15-17)18(20)10-13-19-11-5-4-6-12-19/h7-9,15H,2-6,10-14H2,1H3. The molecule has 0 unspecified atom stereocenters. The molecule has 21 heavy (non-hydrogen) atoms. The normalized spacial score (nSPS) is 15.9. The Hall–Kier alpha value is -1.35. The Labute approximate surface area is 128 Å². The summed E-state index contributed by atoms with van der Waals surface area (Å²) in [4.78, 5) is 14.7. The molecule has 0 spiro atoms. The molecule has 1 fully saturated rings. The van der Waals surface area contributed by atoms with Gasteiger partial charge in [-0.3, -0.25) is 4.79 Å². The fourth-order valence-electron chi connectivity index (χ4n) is 2.68. The summed E-state index contributed by atoms with van der Waals surface area (Å²) < 4.78 is 5.67. The van der Waals surface area contributed by atoms with Gasteiger partial charge >= 0.3 is 0 Å². The molecule has 1 aromatic carbocycles. The molecule has 116 valence electrons. The third-order valence-corrected chi connectivity index (χ3v) is 4.03. The van der Waals surface area contributed by atoms with E-state index in [2.05, 4.69) is 11.8 Å². The number of hydrogen-bond donors (Lipinski definition) is 0. The lowest BCUT2D eigenvalue weighted by Gasteiger charge is -2.25. The molecule has 3 nitrogen and oxygen atoms in total. The second-order valence-corrected chi connectivity index (χ2v) is 5.81. The first-order valence-electron chi connectivity index (χ1n) is 8.28. The number of nitrogens with zero attached hydrogens (tertiary/aromatic N) is 1. The molecular formula is C18H27NO2. The van der Waals surface area contributed by atoms with Crippen molar-refractivity contribution in [2.75, 3.05) is 26.2 Å². The number of piperidine rings is 1. The molecule has 0 radical (unpaired) electrons. The number of carbonyl (C=O) groups is 1. The first-order chi connectivity index (χ1) is 10.3. The van der Waals surface area contributed by atoms with Crippen molar-refractivity contribution in [1.82, 2.24) is 4.90 Å². The maximum absolute atomic E-state index is 12.3. The van der Waals surface area contributed by atoms with Crippen molar-refractivity contribution in [3.8, 4) is 5.75 Å². The van der Waals surface area contributed by atoms with Gasteiger partial charge in [-0.25, -0.2) is 0 Å².